The van der Waals surface area contributed by atoms with Gasteiger partial charge in [-0.25, -0.2) is 4.79 Å². The maximum atomic E-state index is 12.4. The van der Waals surface area contributed by atoms with Gasteiger partial charge in [-0.3, -0.25) is 19.7 Å². The van der Waals surface area contributed by atoms with E-state index < -0.39 is 29.8 Å². The van der Waals surface area contributed by atoms with Crippen LogP contribution >= 0.6 is 11.8 Å². The molecule has 4 aliphatic carbocycles. The Hall–Kier alpha value is -2.55. The van der Waals surface area contributed by atoms with Crippen LogP contribution < -0.4 is 16.0 Å². The standard InChI is InChI=1S/C23H27N3O5S/c27-19(25-22(30)26-23-9-13-5-14(10-23)7-15(6-13)11-23)12-31-20(28)8-18-21(29)24-16-3-1-2-4-17(16)32-18/h1-4,13-15,18H,5-12H2,(H,24,29)(H2,25,26,27,30)/t13?,14?,15?,18-,23?/m1/s1. The highest BCUT2D eigenvalue weighted by Crippen LogP contribution is 2.55. The Kier molecular flexibility index (Phi) is 5.61. The molecule has 1 aromatic carbocycles. The van der Waals surface area contributed by atoms with Gasteiger partial charge in [-0.2, -0.15) is 0 Å². The van der Waals surface area contributed by atoms with Crippen molar-refractivity contribution in [1.29, 1.82) is 0 Å². The van der Waals surface area contributed by atoms with Crippen molar-refractivity contribution in [2.75, 3.05) is 11.9 Å². The zero-order valence-electron chi connectivity index (χ0n) is 17.7. The molecule has 0 saturated heterocycles. The number of anilines is 1. The van der Waals surface area contributed by atoms with E-state index >= 15 is 0 Å². The van der Waals surface area contributed by atoms with Gasteiger partial charge in [0, 0.05) is 10.4 Å². The van der Waals surface area contributed by atoms with Crippen LogP contribution in [0.4, 0.5) is 10.5 Å². The molecule has 0 aromatic heterocycles. The molecule has 3 N–H and O–H groups in total. The van der Waals surface area contributed by atoms with E-state index in [0.717, 1.165) is 29.8 Å². The lowest BCUT2D eigenvalue weighted by Crippen LogP contribution is -2.62. The van der Waals surface area contributed by atoms with Crippen molar-refractivity contribution in [3.8, 4) is 0 Å². The molecule has 0 unspecified atom stereocenters. The fraction of sp³-hybridized carbons (Fsp3) is 0.565. The molecule has 4 amide bonds. The van der Waals surface area contributed by atoms with Gasteiger partial charge >= 0.3 is 12.0 Å². The van der Waals surface area contributed by atoms with Crippen LogP contribution in [0.1, 0.15) is 44.9 Å². The number of hydrogen-bond donors (Lipinski definition) is 3. The van der Waals surface area contributed by atoms with Gasteiger partial charge < -0.3 is 15.4 Å². The van der Waals surface area contributed by atoms with Gasteiger partial charge in [-0.15, -0.1) is 11.8 Å². The largest absolute Gasteiger partial charge is 0.456 e. The number of amides is 4. The minimum Gasteiger partial charge on any atom is -0.456 e. The Bertz CT molecular complexity index is 929. The molecular weight excluding hydrogens is 430 g/mol. The number of imide groups is 1. The number of carbonyl (C=O) groups is 4. The summed E-state index contributed by atoms with van der Waals surface area (Å²) in [6.45, 7) is -0.553. The van der Waals surface area contributed by atoms with E-state index in [0.29, 0.717) is 17.8 Å². The Morgan fingerprint density at radius 3 is 2.41 bits per heavy atom. The summed E-state index contributed by atoms with van der Waals surface area (Å²) in [5, 5.41) is 7.48. The van der Waals surface area contributed by atoms with Crippen LogP contribution in [0.15, 0.2) is 29.2 Å². The molecule has 1 heterocycles. The molecule has 0 spiro atoms. The number of ether oxygens (including phenoxy) is 1. The Morgan fingerprint density at radius 1 is 1.06 bits per heavy atom. The monoisotopic (exact) mass is 457 g/mol. The second kappa shape index (κ2) is 8.42. The van der Waals surface area contributed by atoms with Gasteiger partial charge in [-0.05, 0) is 68.4 Å². The first-order valence-electron chi connectivity index (χ1n) is 11.2. The van der Waals surface area contributed by atoms with Crippen molar-refractivity contribution in [3.63, 3.8) is 0 Å². The van der Waals surface area contributed by atoms with Gasteiger partial charge in [0.05, 0.1) is 17.4 Å². The summed E-state index contributed by atoms with van der Waals surface area (Å²) in [6, 6.07) is 6.83. The predicted molar refractivity (Wildman–Crippen MR) is 118 cm³/mol. The highest BCUT2D eigenvalue weighted by molar-refractivity contribution is 8.01. The lowest BCUT2D eigenvalue weighted by Gasteiger charge is -2.56. The molecule has 4 fully saturated rings. The van der Waals surface area contributed by atoms with E-state index in [-0.39, 0.29) is 17.9 Å². The van der Waals surface area contributed by atoms with Crippen molar-refractivity contribution < 1.29 is 23.9 Å². The SMILES string of the molecule is O=C(COC(=O)C[C@H]1Sc2ccccc2NC1=O)NC(=O)NC12CC3CC(CC(C3)C1)C2. The average molecular weight is 458 g/mol. The molecule has 1 aromatic rings. The molecule has 4 bridgehead atoms. The molecule has 6 rings (SSSR count). The fourth-order valence-corrected chi connectivity index (χ4v) is 7.38. The lowest BCUT2D eigenvalue weighted by molar-refractivity contribution is -0.148. The van der Waals surface area contributed by atoms with E-state index in [9.17, 15) is 19.2 Å². The summed E-state index contributed by atoms with van der Waals surface area (Å²) in [7, 11) is 0. The van der Waals surface area contributed by atoms with Crippen molar-refractivity contribution in [1.82, 2.24) is 10.6 Å². The molecule has 1 aliphatic heterocycles. The van der Waals surface area contributed by atoms with Crippen molar-refractivity contribution in [3.05, 3.63) is 24.3 Å². The van der Waals surface area contributed by atoms with Crippen LogP contribution in [0.5, 0.6) is 0 Å². The van der Waals surface area contributed by atoms with E-state index in [4.69, 9.17) is 4.74 Å². The average Bonchev–Trinajstić information content (AvgIpc) is 2.71. The summed E-state index contributed by atoms with van der Waals surface area (Å²) in [4.78, 5) is 49.8. The maximum Gasteiger partial charge on any atom is 0.321 e. The normalized spacial score (nSPS) is 31.9. The van der Waals surface area contributed by atoms with Gasteiger partial charge in [-0.1, -0.05) is 12.1 Å². The van der Waals surface area contributed by atoms with Crippen molar-refractivity contribution >= 4 is 41.3 Å². The number of fused-ring (bicyclic) bond motifs is 1. The number of hydrogen-bond acceptors (Lipinski definition) is 6. The van der Waals surface area contributed by atoms with Crippen LogP contribution in [-0.2, 0) is 19.1 Å². The zero-order valence-corrected chi connectivity index (χ0v) is 18.5. The summed E-state index contributed by atoms with van der Waals surface area (Å²) in [5.74, 6) is 0.436. The summed E-state index contributed by atoms with van der Waals surface area (Å²) in [6.07, 6.45) is 6.60. The van der Waals surface area contributed by atoms with Crippen LogP contribution in [0.3, 0.4) is 0 Å². The Morgan fingerprint density at radius 2 is 1.72 bits per heavy atom. The van der Waals surface area contributed by atoms with Crippen molar-refractivity contribution in [2.24, 2.45) is 17.8 Å². The first-order valence-corrected chi connectivity index (χ1v) is 12.1. The summed E-state index contributed by atoms with van der Waals surface area (Å²) >= 11 is 1.29. The number of urea groups is 1. The first-order chi connectivity index (χ1) is 15.4. The van der Waals surface area contributed by atoms with Crippen LogP contribution in [0.25, 0.3) is 0 Å². The highest BCUT2D eigenvalue weighted by Gasteiger charge is 2.51. The number of benzene rings is 1. The number of nitrogens with one attached hydrogen (secondary N) is 3. The molecule has 8 nitrogen and oxygen atoms in total. The molecule has 0 radical (unpaired) electrons. The van der Waals surface area contributed by atoms with Crippen LogP contribution in [0.2, 0.25) is 0 Å². The minimum absolute atomic E-state index is 0.155. The molecule has 32 heavy (non-hydrogen) atoms. The number of carbonyl (C=O) groups excluding carboxylic acids is 4. The first kappa shape index (κ1) is 21.3. The van der Waals surface area contributed by atoms with E-state index in [1.165, 1.54) is 31.0 Å². The topological polar surface area (TPSA) is 114 Å². The quantitative estimate of drug-likeness (QED) is 0.586. The maximum absolute atomic E-state index is 12.4. The van der Waals surface area contributed by atoms with Gasteiger partial charge in [0.1, 0.15) is 0 Å². The van der Waals surface area contributed by atoms with Gasteiger partial charge in [0.15, 0.2) is 6.61 Å². The van der Waals surface area contributed by atoms with Gasteiger partial charge in [0.2, 0.25) is 5.91 Å². The summed E-state index contributed by atoms with van der Waals surface area (Å²) < 4.78 is 5.01. The number of esters is 1. The predicted octanol–water partition coefficient (Wildman–Crippen LogP) is 2.83. The van der Waals surface area contributed by atoms with Gasteiger partial charge in [0.25, 0.3) is 5.91 Å². The highest BCUT2D eigenvalue weighted by atomic mass is 32.2. The molecule has 4 saturated carbocycles. The number of rotatable bonds is 5. The van der Waals surface area contributed by atoms with E-state index in [1.54, 1.807) is 6.07 Å². The molecule has 5 aliphatic rings. The minimum atomic E-state index is -0.674. The van der Waals surface area contributed by atoms with E-state index in [1.807, 2.05) is 18.2 Å². The molecule has 9 heteroatoms. The third-order valence-corrected chi connectivity index (χ3v) is 8.37. The molecule has 1 atom stereocenters. The zero-order chi connectivity index (χ0) is 22.3. The van der Waals surface area contributed by atoms with Crippen LogP contribution in [0, 0.1) is 17.8 Å². The Balaban J connectivity index is 1.07. The second-order valence-electron chi connectivity index (χ2n) is 9.66. The number of thioether (sulfide) groups is 1. The molecular formula is C23H27N3O5S. The molecule has 170 valence electrons. The smallest absolute Gasteiger partial charge is 0.321 e. The van der Waals surface area contributed by atoms with Crippen LogP contribution in [-0.4, -0.2) is 41.2 Å². The lowest BCUT2D eigenvalue weighted by atomic mass is 9.53. The number of para-hydroxylation sites is 1. The Labute approximate surface area is 190 Å². The fourth-order valence-electron chi connectivity index (χ4n) is 6.28. The van der Waals surface area contributed by atoms with Crippen molar-refractivity contribution in [2.45, 2.75) is 60.6 Å². The third kappa shape index (κ3) is 4.48. The summed E-state index contributed by atoms with van der Waals surface area (Å²) in [5.41, 5.74) is 0.522. The second-order valence-corrected chi connectivity index (χ2v) is 10.9. The van der Waals surface area contributed by atoms with E-state index in [2.05, 4.69) is 16.0 Å². The third-order valence-electron chi connectivity index (χ3n) is 7.09.